The van der Waals surface area contributed by atoms with Gasteiger partial charge in [0.15, 0.2) is 0 Å². The molecule has 0 spiro atoms. The summed E-state index contributed by atoms with van der Waals surface area (Å²) in [5, 5.41) is 7.40. The predicted molar refractivity (Wildman–Crippen MR) is 126 cm³/mol. The molecule has 3 heterocycles. The Labute approximate surface area is 202 Å². The molecule has 0 bridgehead atoms. The monoisotopic (exact) mass is 482 g/mol. The number of hydrogen-bond donors (Lipinski definition) is 1. The van der Waals surface area contributed by atoms with Crippen molar-refractivity contribution in [2.75, 3.05) is 18.6 Å². The number of methoxy groups -OCH3 is 1. The fraction of sp³-hybridized carbons (Fsp3) is 0.423. The van der Waals surface area contributed by atoms with Crippen molar-refractivity contribution in [1.82, 2.24) is 14.9 Å². The van der Waals surface area contributed by atoms with Gasteiger partial charge in [-0.05, 0) is 68.9 Å². The molecule has 1 N–H and O–H groups in total. The molecule has 35 heavy (non-hydrogen) atoms. The number of ether oxygens (including phenoxy) is 1. The Morgan fingerprint density at radius 1 is 1.09 bits per heavy atom. The van der Waals surface area contributed by atoms with Crippen LogP contribution in [0.1, 0.15) is 60.5 Å². The number of carbonyl (C=O) groups excluding carboxylic acids is 2. The number of fused-ring (bicyclic) bond motifs is 1. The van der Waals surface area contributed by atoms with Gasteiger partial charge in [0.25, 0.3) is 5.91 Å². The third kappa shape index (κ3) is 4.59. The normalized spacial score (nSPS) is 22.4. The van der Waals surface area contributed by atoms with Crippen LogP contribution in [0.3, 0.4) is 0 Å². The van der Waals surface area contributed by atoms with E-state index in [2.05, 4.69) is 15.3 Å². The Morgan fingerprint density at radius 2 is 1.89 bits per heavy atom. The van der Waals surface area contributed by atoms with Gasteiger partial charge >= 0.3 is 5.97 Å². The van der Waals surface area contributed by atoms with E-state index in [4.69, 9.17) is 4.74 Å². The van der Waals surface area contributed by atoms with Gasteiger partial charge < -0.3 is 15.0 Å². The summed E-state index contributed by atoms with van der Waals surface area (Å²) in [6.07, 6.45) is 7.68. The number of nitrogens with one attached hydrogen (secondary N) is 1. The number of aromatic nitrogens is 2. The van der Waals surface area contributed by atoms with E-state index in [1.54, 1.807) is 16.9 Å². The number of pyridine rings is 1. The standard InChI is InChI=1S/C26H28F2N4O3/c1-35-26(34)16-4-7-18(8-5-16)30-25(33)21-15-29-32-12-10-19(14-24(21)32)31-11-2-3-23(31)20-13-17(27)6-9-22(20)28/h6,9-10,12-16,18,23H,2-5,7-8,11H2,1H3,(H,30,33)/t16-,18-,23-/m1/s1. The number of anilines is 1. The van der Waals surface area contributed by atoms with Crippen LogP contribution in [0, 0.1) is 17.6 Å². The zero-order valence-electron chi connectivity index (χ0n) is 19.5. The molecule has 184 valence electrons. The Kier molecular flexibility index (Phi) is 6.40. The van der Waals surface area contributed by atoms with Crippen LogP contribution in [-0.2, 0) is 9.53 Å². The molecule has 1 saturated heterocycles. The van der Waals surface area contributed by atoms with Crippen LogP contribution in [0.2, 0.25) is 0 Å². The maximum absolute atomic E-state index is 14.5. The summed E-state index contributed by atoms with van der Waals surface area (Å²) in [7, 11) is 1.40. The quantitative estimate of drug-likeness (QED) is 0.545. The number of halogens is 2. The smallest absolute Gasteiger partial charge is 0.308 e. The molecular weight excluding hydrogens is 454 g/mol. The van der Waals surface area contributed by atoms with E-state index in [9.17, 15) is 18.4 Å². The lowest BCUT2D eigenvalue weighted by atomic mass is 9.86. The molecule has 1 amide bonds. The first kappa shape index (κ1) is 23.3. The van der Waals surface area contributed by atoms with Gasteiger partial charge in [-0.15, -0.1) is 0 Å². The van der Waals surface area contributed by atoms with Gasteiger partial charge in [0.1, 0.15) is 11.6 Å². The summed E-state index contributed by atoms with van der Waals surface area (Å²) in [6, 6.07) is 7.03. The molecule has 0 radical (unpaired) electrons. The lowest BCUT2D eigenvalue weighted by Gasteiger charge is -2.28. The minimum atomic E-state index is -0.459. The summed E-state index contributed by atoms with van der Waals surface area (Å²) in [6.45, 7) is 0.704. The zero-order valence-corrected chi connectivity index (χ0v) is 19.5. The van der Waals surface area contributed by atoms with Crippen molar-refractivity contribution >= 4 is 23.1 Å². The maximum atomic E-state index is 14.5. The van der Waals surface area contributed by atoms with Gasteiger partial charge in [-0.3, -0.25) is 9.59 Å². The van der Waals surface area contributed by atoms with E-state index in [1.165, 1.54) is 19.2 Å². The van der Waals surface area contributed by atoms with Crippen molar-refractivity contribution in [3.63, 3.8) is 0 Å². The van der Waals surface area contributed by atoms with Gasteiger partial charge in [-0.2, -0.15) is 5.10 Å². The molecule has 1 aliphatic heterocycles. The van der Waals surface area contributed by atoms with Crippen molar-refractivity contribution in [3.8, 4) is 0 Å². The molecule has 1 aromatic carbocycles. The fourth-order valence-electron chi connectivity index (χ4n) is 5.40. The highest BCUT2D eigenvalue weighted by atomic mass is 19.1. The summed E-state index contributed by atoms with van der Waals surface area (Å²) >= 11 is 0. The maximum Gasteiger partial charge on any atom is 0.308 e. The molecular formula is C26H28F2N4O3. The zero-order chi connectivity index (χ0) is 24.5. The topological polar surface area (TPSA) is 75.9 Å². The number of rotatable bonds is 5. The van der Waals surface area contributed by atoms with Crippen LogP contribution in [0.5, 0.6) is 0 Å². The predicted octanol–water partition coefficient (Wildman–Crippen LogP) is 4.42. The van der Waals surface area contributed by atoms with E-state index < -0.39 is 11.6 Å². The number of esters is 1. The minimum absolute atomic E-state index is 0.0135. The molecule has 1 saturated carbocycles. The SMILES string of the molecule is COC(=O)[C@H]1CC[C@H](NC(=O)c2cnn3ccc(N4CCC[C@@H]4c4cc(F)ccc4F)cc23)CC1. The average Bonchev–Trinajstić information content (AvgIpc) is 3.52. The van der Waals surface area contributed by atoms with Gasteiger partial charge in [0.2, 0.25) is 0 Å². The lowest BCUT2D eigenvalue weighted by Crippen LogP contribution is -2.38. The van der Waals surface area contributed by atoms with Crippen LogP contribution < -0.4 is 10.2 Å². The molecule has 5 rings (SSSR count). The van der Waals surface area contributed by atoms with E-state index in [1.807, 2.05) is 12.1 Å². The molecule has 1 atom stereocenters. The second kappa shape index (κ2) is 9.64. The van der Waals surface area contributed by atoms with E-state index in [0.29, 0.717) is 55.3 Å². The van der Waals surface area contributed by atoms with Crippen molar-refractivity contribution in [2.45, 2.75) is 50.6 Å². The summed E-state index contributed by atoms with van der Waals surface area (Å²) < 4.78 is 34.8. The number of benzene rings is 1. The largest absolute Gasteiger partial charge is 0.469 e. The molecule has 2 aromatic heterocycles. The van der Waals surface area contributed by atoms with E-state index in [-0.39, 0.29) is 29.9 Å². The molecule has 7 nitrogen and oxygen atoms in total. The fourth-order valence-corrected chi connectivity index (χ4v) is 5.40. The number of carbonyl (C=O) groups is 2. The van der Waals surface area contributed by atoms with Crippen LogP contribution in [0.4, 0.5) is 14.5 Å². The number of hydrogen-bond acceptors (Lipinski definition) is 5. The average molecular weight is 483 g/mol. The van der Waals surface area contributed by atoms with Crippen LogP contribution in [0.25, 0.3) is 5.52 Å². The molecule has 2 fully saturated rings. The van der Waals surface area contributed by atoms with Crippen LogP contribution >= 0.6 is 0 Å². The summed E-state index contributed by atoms with van der Waals surface area (Å²) in [4.78, 5) is 26.9. The van der Waals surface area contributed by atoms with Crippen molar-refractivity contribution in [3.05, 3.63) is 65.5 Å². The Morgan fingerprint density at radius 3 is 2.66 bits per heavy atom. The molecule has 2 aliphatic rings. The third-order valence-electron chi connectivity index (χ3n) is 7.25. The highest BCUT2D eigenvalue weighted by Crippen LogP contribution is 2.38. The number of nitrogens with zero attached hydrogens (tertiary/aromatic N) is 3. The first-order valence-electron chi connectivity index (χ1n) is 12.0. The first-order valence-corrected chi connectivity index (χ1v) is 12.0. The number of amides is 1. The second-order valence-electron chi connectivity index (χ2n) is 9.34. The minimum Gasteiger partial charge on any atom is -0.469 e. The second-order valence-corrected chi connectivity index (χ2v) is 9.34. The third-order valence-corrected chi connectivity index (χ3v) is 7.25. The Hall–Kier alpha value is -3.49. The molecule has 9 heteroatoms. The highest BCUT2D eigenvalue weighted by Gasteiger charge is 2.30. The van der Waals surface area contributed by atoms with Gasteiger partial charge in [-0.1, -0.05) is 0 Å². The van der Waals surface area contributed by atoms with Crippen molar-refractivity contribution in [1.29, 1.82) is 0 Å². The van der Waals surface area contributed by atoms with Crippen LogP contribution in [-0.4, -0.2) is 41.2 Å². The lowest BCUT2D eigenvalue weighted by molar-refractivity contribution is -0.146. The van der Waals surface area contributed by atoms with Gasteiger partial charge in [0, 0.05) is 30.0 Å². The van der Waals surface area contributed by atoms with Gasteiger partial charge in [0.05, 0.1) is 36.3 Å². The van der Waals surface area contributed by atoms with Gasteiger partial charge in [-0.25, -0.2) is 13.3 Å². The van der Waals surface area contributed by atoms with E-state index in [0.717, 1.165) is 18.2 Å². The first-order chi connectivity index (χ1) is 16.9. The van der Waals surface area contributed by atoms with Crippen molar-refractivity contribution in [2.24, 2.45) is 5.92 Å². The summed E-state index contributed by atoms with van der Waals surface area (Å²) in [5.74, 6) is -1.39. The molecule has 3 aromatic rings. The van der Waals surface area contributed by atoms with E-state index >= 15 is 0 Å². The summed E-state index contributed by atoms with van der Waals surface area (Å²) in [5.41, 5.74) is 2.27. The molecule has 1 aliphatic carbocycles. The Bertz CT molecular complexity index is 1250. The molecule has 0 unspecified atom stereocenters. The highest BCUT2D eigenvalue weighted by molar-refractivity contribution is 6.01. The van der Waals surface area contributed by atoms with Crippen molar-refractivity contribution < 1.29 is 23.1 Å². The van der Waals surface area contributed by atoms with Crippen LogP contribution in [0.15, 0.2) is 42.7 Å². The Balaban J connectivity index is 1.35.